The number of carboxylic acids is 1. The first-order valence-electron chi connectivity index (χ1n) is 17.2. The van der Waals surface area contributed by atoms with E-state index in [-0.39, 0.29) is 55.5 Å². The maximum atomic E-state index is 13.5. The molecule has 51 heavy (non-hydrogen) atoms. The van der Waals surface area contributed by atoms with E-state index in [1.807, 2.05) is 54.6 Å². The van der Waals surface area contributed by atoms with Crippen LogP contribution in [-0.2, 0) is 21.4 Å². The van der Waals surface area contributed by atoms with E-state index in [0.29, 0.717) is 23.5 Å². The predicted octanol–water partition coefficient (Wildman–Crippen LogP) is 7.89. The van der Waals surface area contributed by atoms with Crippen molar-refractivity contribution < 1.29 is 32.7 Å². The molecular weight excluding hydrogens is 678 g/mol. The number of nitrogens with one attached hydrogen (secondary N) is 1. The van der Waals surface area contributed by atoms with Gasteiger partial charge in [0.05, 0.1) is 16.7 Å². The number of alkyl halides is 3. The quantitative estimate of drug-likeness (QED) is 0.182. The van der Waals surface area contributed by atoms with Crippen molar-refractivity contribution in [3.8, 4) is 22.5 Å². The van der Waals surface area contributed by atoms with Crippen molar-refractivity contribution in [1.82, 2.24) is 20.2 Å². The van der Waals surface area contributed by atoms with Crippen LogP contribution >= 0.6 is 11.3 Å². The fraction of sp³-hybridized carbons (Fsp3) is 0.410. The van der Waals surface area contributed by atoms with Crippen LogP contribution in [0.1, 0.15) is 78.0 Å². The molecule has 6 rings (SSSR count). The number of carboxylic acid groups (broad SMARTS) is 1. The Morgan fingerprint density at radius 2 is 1.47 bits per heavy atom. The Morgan fingerprint density at radius 1 is 0.863 bits per heavy atom. The van der Waals surface area contributed by atoms with Crippen molar-refractivity contribution in [2.24, 2.45) is 11.8 Å². The third-order valence-corrected chi connectivity index (χ3v) is 11.4. The highest BCUT2D eigenvalue weighted by molar-refractivity contribution is 7.14. The molecule has 2 aliphatic rings. The normalized spacial score (nSPS) is 18.9. The minimum Gasteiger partial charge on any atom is -0.481 e. The average molecular weight is 719 g/mol. The van der Waals surface area contributed by atoms with Gasteiger partial charge in [-0.25, -0.2) is 9.97 Å². The fourth-order valence-corrected chi connectivity index (χ4v) is 7.65. The number of halogens is 3. The fourth-order valence-electron chi connectivity index (χ4n) is 6.68. The SMILES string of the molecule is CC(C)(C)c1ccc(C(=O)N[C@@H](Cc2ccc(-c3ncc(-c4ccc([C@H]5CC[C@H](C(F)(F)F)CC5)cc4)cn3)cc2)C(=O)N2CC(C(=O)O)C2)s1. The van der Waals surface area contributed by atoms with E-state index in [0.717, 1.165) is 32.7 Å². The standard InChI is InChI=1S/C39H41F3N4O4S/c1-38(2,3)33-17-16-32(51-33)35(47)45-31(36(48)46-21-29(22-46)37(49)50)18-23-4-6-27(7-5-23)34-43-19-28(20-44-34)26-10-8-24(9-11-26)25-12-14-30(15-13-25)39(40,41)42/h4-11,16-17,19-20,25,29-31H,12-15,18,21-22H2,1-3H3,(H,45,47)(H,49,50)/t25-,30-,31-/m0/s1. The molecule has 2 aromatic carbocycles. The largest absolute Gasteiger partial charge is 0.481 e. The van der Waals surface area contributed by atoms with Gasteiger partial charge >= 0.3 is 12.1 Å². The molecule has 1 atom stereocenters. The first kappa shape index (κ1) is 36.2. The van der Waals surface area contributed by atoms with Crippen LogP contribution in [0.3, 0.4) is 0 Å². The zero-order valence-corrected chi connectivity index (χ0v) is 29.6. The summed E-state index contributed by atoms with van der Waals surface area (Å²) in [5.74, 6) is -2.78. The van der Waals surface area contributed by atoms with Gasteiger partial charge in [0, 0.05) is 47.9 Å². The Kier molecular flexibility index (Phi) is 10.3. The molecule has 3 heterocycles. The summed E-state index contributed by atoms with van der Waals surface area (Å²) in [6.45, 7) is 6.42. The smallest absolute Gasteiger partial charge is 0.391 e. The number of likely N-dealkylation sites (tertiary alicyclic amines) is 1. The molecule has 1 saturated heterocycles. The second-order valence-corrected chi connectivity index (χ2v) is 15.7. The topological polar surface area (TPSA) is 112 Å². The number of nitrogens with zero attached hydrogens (tertiary/aromatic N) is 3. The number of benzene rings is 2. The summed E-state index contributed by atoms with van der Waals surface area (Å²) in [5, 5.41) is 12.2. The molecule has 0 radical (unpaired) electrons. The number of rotatable bonds is 9. The molecule has 1 saturated carbocycles. The van der Waals surface area contributed by atoms with Crippen molar-refractivity contribution >= 4 is 29.1 Å². The maximum Gasteiger partial charge on any atom is 0.391 e. The van der Waals surface area contributed by atoms with Gasteiger partial charge in [0.2, 0.25) is 5.91 Å². The molecule has 1 aliphatic carbocycles. The summed E-state index contributed by atoms with van der Waals surface area (Å²) in [6, 6.07) is 18.1. The second kappa shape index (κ2) is 14.6. The lowest BCUT2D eigenvalue weighted by atomic mass is 9.78. The van der Waals surface area contributed by atoms with Crippen molar-refractivity contribution in [2.75, 3.05) is 13.1 Å². The van der Waals surface area contributed by atoms with Gasteiger partial charge in [-0.1, -0.05) is 69.3 Å². The van der Waals surface area contributed by atoms with Crippen LogP contribution in [0.4, 0.5) is 13.2 Å². The lowest BCUT2D eigenvalue weighted by Gasteiger charge is -2.38. The van der Waals surface area contributed by atoms with Crippen LogP contribution in [-0.4, -0.2) is 63.1 Å². The molecule has 0 bridgehead atoms. The highest BCUT2D eigenvalue weighted by Gasteiger charge is 2.42. The maximum absolute atomic E-state index is 13.5. The first-order chi connectivity index (χ1) is 24.2. The number of thiophene rings is 1. The van der Waals surface area contributed by atoms with Gasteiger partial charge in [0.1, 0.15) is 6.04 Å². The number of amides is 2. The predicted molar refractivity (Wildman–Crippen MR) is 189 cm³/mol. The lowest BCUT2D eigenvalue weighted by Crippen LogP contribution is -2.59. The number of carbonyl (C=O) groups excluding carboxylic acids is 2. The number of carbonyl (C=O) groups is 3. The summed E-state index contributed by atoms with van der Waals surface area (Å²) in [5.41, 5.74) is 4.23. The Balaban J connectivity index is 1.10. The highest BCUT2D eigenvalue weighted by Crippen LogP contribution is 2.43. The van der Waals surface area contributed by atoms with E-state index in [2.05, 4.69) is 36.1 Å². The molecule has 268 valence electrons. The molecule has 8 nitrogen and oxygen atoms in total. The molecule has 2 amide bonds. The number of hydrogen-bond donors (Lipinski definition) is 2. The van der Waals surface area contributed by atoms with Gasteiger partial charge in [-0.05, 0) is 65.8 Å². The van der Waals surface area contributed by atoms with Crippen LogP contribution in [0.15, 0.2) is 73.1 Å². The van der Waals surface area contributed by atoms with Crippen LogP contribution in [0.5, 0.6) is 0 Å². The van der Waals surface area contributed by atoms with E-state index < -0.39 is 30.0 Å². The van der Waals surface area contributed by atoms with Gasteiger partial charge in [-0.15, -0.1) is 11.3 Å². The molecule has 4 aromatic rings. The van der Waals surface area contributed by atoms with E-state index >= 15 is 0 Å². The molecule has 2 N–H and O–H groups in total. The second-order valence-electron chi connectivity index (χ2n) is 14.6. The molecule has 2 aromatic heterocycles. The zero-order valence-electron chi connectivity index (χ0n) is 28.7. The van der Waals surface area contributed by atoms with Crippen molar-refractivity contribution in [2.45, 2.75) is 76.4 Å². The Bertz CT molecular complexity index is 1850. The average Bonchev–Trinajstić information content (AvgIpc) is 3.59. The van der Waals surface area contributed by atoms with Crippen LogP contribution < -0.4 is 5.32 Å². The number of hydrogen-bond acceptors (Lipinski definition) is 6. The van der Waals surface area contributed by atoms with Gasteiger partial charge < -0.3 is 15.3 Å². The summed E-state index contributed by atoms with van der Waals surface area (Å²) in [7, 11) is 0. The van der Waals surface area contributed by atoms with E-state index in [4.69, 9.17) is 0 Å². The first-order valence-corrected chi connectivity index (χ1v) is 18.0. The van der Waals surface area contributed by atoms with Crippen molar-refractivity contribution in [3.63, 3.8) is 0 Å². The molecule has 1 aliphatic heterocycles. The Morgan fingerprint density at radius 3 is 2.02 bits per heavy atom. The highest BCUT2D eigenvalue weighted by atomic mass is 32.1. The van der Waals surface area contributed by atoms with Crippen LogP contribution in [0, 0.1) is 11.8 Å². The van der Waals surface area contributed by atoms with Gasteiger partial charge in [0.15, 0.2) is 5.82 Å². The Hall–Kier alpha value is -4.58. The Labute approximate surface area is 299 Å². The molecule has 0 unspecified atom stereocenters. The van der Waals surface area contributed by atoms with Crippen molar-refractivity contribution in [3.05, 3.63) is 93.9 Å². The van der Waals surface area contributed by atoms with E-state index in [9.17, 15) is 32.7 Å². The summed E-state index contributed by atoms with van der Waals surface area (Å²) in [6.07, 6.45) is 0.976. The molecular formula is C39H41F3N4O4S. The summed E-state index contributed by atoms with van der Waals surface area (Å²) >= 11 is 1.39. The summed E-state index contributed by atoms with van der Waals surface area (Å²) in [4.78, 5) is 50.2. The van der Waals surface area contributed by atoms with E-state index in [1.165, 1.54) is 16.2 Å². The van der Waals surface area contributed by atoms with E-state index in [1.54, 1.807) is 18.5 Å². The van der Waals surface area contributed by atoms with Gasteiger partial charge in [0.25, 0.3) is 5.91 Å². The number of aromatic nitrogens is 2. The minimum atomic E-state index is -4.11. The van der Waals surface area contributed by atoms with Crippen LogP contribution in [0.2, 0.25) is 0 Å². The monoisotopic (exact) mass is 718 g/mol. The van der Waals surface area contributed by atoms with Gasteiger partial charge in [-0.3, -0.25) is 14.4 Å². The molecule has 12 heteroatoms. The third-order valence-electron chi connectivity index (χ3n) is 9.92. The summed E-state index contributed by atoms with van der Waals surface area (Å²) < 4.78 is 39.2. The zero-order chi connectivity index (χ0) is 36.5. The number of aliphatic carboxylic acids is 1. The van der Waals surface area contributed by atoms with Crippen molar-refractivity contribution in [1.29, 1.82) is 0 Å². The minimum absolute atomic E-state index is 0.108. The molecule has 0 spiro atoms. The van der Waals surface area contributed by atoms with Gasteiger partial charge in [-0.2, -0.15) is 13.2 Å². The van der Waals surface area contributed by atoms with Crippen LogP contribution in [0.25, 0.3) is 22.5 Å². The lowest BCUT2D eigenvalue weighted by molar-refractivity contribution is -0.182. The third kappa shape index (κ3) is 8.49. The molecule has 2 fully saturated rings.